The van der Waals surface area contributed by atoms with Crippen molar-refractivity contribution >= 4 is 11.6 Å². The van der Waals surface area contributed by atoms with Gasteiger partial charge in [0.15, 0.2) is 0 Å². The Morgan fingerprint density at radius 3 is 2.60 bits per heavy atom. The normalized spacial score (nSPS) is 18.4. The fourth-order valence-electron chi connectivity index (χ4n) is 2.78. The van der Waals surface area contributed by atoms with Crippen molar-refractivity contribution in [3.63, 3.8) is 0 Å². The lowest BCUT2D eigenvalue weighted by Gasteiger charge is -2.17. The van der Waals surface area contributed by atoms with Crippen LogP contribution in [-0.2, 0) is 0 Å². The van der Waals surface area contributed by atoms with Crippen molar-refractivity contribution in [3.05, 3.63) is 29.3 Å². The number of rotatable bonds is 4. The van der Waals surface area contributed by atoms with Crippen LogP contribution in [0.3, 0.4) is 0 Å². The number of anilines is 1. The van der Waals surface area contributed by atoms with E-state index in [-0.39, 0.29) is 17.2 Å². The fraction of sp³-hybridized carbons (Fsp3) is 0.533. The molecule has 1 aromatic rings. The molecule has 1 atom stereocenters. The summed E-state index contributed by atoms with van der Waals surface area (Å²) in [4.78, 5) is 14.0. The van der Waals surface area contributed by atoms with Gasteiger partial charge in [0.05, 0.1) is 0 Å². The molecule has 0 saturated carbocycles. The number of carbonyl (C=O) groups is 1. The molecule has 0 spiro atoms. The molecule has 1 N–H and O–H groups in total. The maximum absolute atomic E-state index is 13.7. The SMILES string of the molecule is CCCC1CCN(C(=O)c2cc(F)c(NC)c(F)c2)C1. The van der Waals surface area contributed by atoms with Crippen molar-refractivity contribution in [2.24, 2.45) is 5.92 Å². The average Bonchev–Trinajstić information content (AvgIpc) is 2.86. The summed E-state index contributed by atoms with van der Waals surface area (Å²) < 4.78 is 27.4. The smallest absolute Gasteiger partial charge is 0.254 e. The van der Waals surface area contributed by atoms with Gasteiger partial charge in [-0.15, -0.1) is 0 Å². The number of hydrogen-bond donors (Lipinski definition) is 1. The lowest BCUT2D eigenvalue weighted by atomic mass is 10.0. The predicted octanol–water partition coefficient (Wildman–Crippen LogP) is 3.27. The van der Waals surface area contributed by atoms with Crippen molar-refractivity contribution in [1.82, 2.24) is 4.90 Å². The van der Waals surface area contributed by atoms with Crippen molar-refractivity contribution < 1.29 is 13.6 Å². The highest BCUT2D eigenvalue weighted by atomic mass is 19.1. The summed E-state index contributed by atoms with van der Waals surface area (Å²) in [6.07, 6.45) is 3.15. The van der Waals surface area contributed by atoms with Crippen LogP contribution in [0.5, 0.6) is 0 Å². The molecule has 2 rings (SSSR count). The molecule has 1 aliphatic rings. The highest BCUT2D eigenvalue weighted by Crippen LogP contribution is 2.25. The van der Waals surface area contributed by atoms with Crippen LogP contribution < -0.4 is 5.32 Å². The summed E-state index contributed by atoms with van der Waals surface area (Å²) in [6, 6.07) is 2.20. The maximum atomic E-state index is 13.7. The van der Waals surface area contributed by atoms with Crippen LogP contribution in [0.2, 0.25) is 0 Å². The highest BCUT2D eigenvalue weighted by molar-refractivity contribution is 5.94. The van der Waals surface area contributed by atoms with E-state index in [1.165, 1.54) is 7.05 Å². The van der Waals surface area contributed by atoms with Crippen LogP contribution in [0.25, 0.3) is 0 Å². The van der Waals surface area contributed by atoms with Crippen molar-refractivity contribution in [2.45, 2.75) is 26.2 Å². The van der Waals surface area contributed by atoms with Gasteiger partial charge in [0.1, 0.15) is 17.3 Å². The van der Waals surface area contributed by atoms with E-state index >= 15 is 0 Å². The lowest BCUT2D eigenvalue weighted by Crippen LogP contribution is -2.29. The Morgan fingerprint density at radius 2 is 2.05 bits per heavy atom. The Morgan fingerprint density at radius 1 is 1.40 bits per heavy atom. The second kappa shape index (κ2) is 6.20. The molecule has 1 unspecified atom stereocenters. The van der Waals surface area contributed by atoms with E-state index in [1.807, 2.05) is 0 Å². The molecule has 1 amide bonds. The molecule has 20 heavy (non-hydrogen) atoms. The summed E-state index contributed by atoms with van der Waals surface area (Å²) in [6.45, 7) is 3.47. The molecule has 5 heteroatoms. The molecule has 1 fully saturated rings. The van der Waals surface area contributed by atoms with E-state index in [2.05, 4.69) is 12.2 Å². The minimum Gasteiger partial charge on any atom is -0.383 e. The van der Waals surface area contributed by atoms with Crippen LogP contribution in [0.1, 0.15) is 36.5 Å². The Bertz CT molecular complexity index is 482. The van der Waals surface area contributed by atoms with Gasteiger partial charge in [-0.1, -0.05) is 13.3 Å². The standard InChI is InChI=1S/C15H20F2N2O/c1-3-4-10-5-6-19(9-10)15(20)11-7-12(16)14(18-2)13(17)8-11/h7-8,10,18H,3-6,9H2,1-2H3. The monoisotopic (exact) mass is 282 g/mol. The van der Waals surface area contributed by atoms with E-state index < -0.39 is 11.6 Å². The van der Waals surface area contributed by atoms with E-state index in [1.54, 1.807) is 4.90 Å². The largest absolute Gasteiger partial charge is 0.383 e. The topological polar surface area (TPSA) is 32.3 Å². The summed E-state index contributed by atoms with van der Waals surface area (Å²) >= 11 is 0. The zero-order valence-electron chi connectivity index (χ0n) is 11.9. The Labute approximate surface area is 118 Å². The molecular formula is C15H20F2N2O. The molecule has 1 aliphatic heterocycles. The molecule has 110 valence electrons. The summed E-state index contributed by atoms with van der Waals surface area (Å²) in [5.74, 6) is -1.25. The first-order valence-corrected chi connectivity index (χ1v) is 7.02. The number of carbonyl (C=O) groups excluding carboxylic acids is 1. The van der Waals surface area contributed by atoms with Gasteiger partial charge >= 0.3 is 0 Å². The summed E-state index contributed by atoms with van der Waals surface area (Å²) in [5, 5.41) is 2.45. The Kier molecular flexibility index (Phi) is 4.57. The van der Waals surface area contributed by atoms with Gasteiger partial charge in [0.25, 0.3) is 5.91 Å². The predicted molar refractivity (Wildman–Crippen MR) is 74.8 cm³/mol. The van der Waals surface area contributed by atoms with E-state index in [0.717, 1.165) is 31.4 Å². The number of halogens is 2. The number of nitrogens with one attached hydrogen (secondary N) is 1. The number of nitrogens with zero attached hydrogens (tertiary/aromatic N) is 1. The zero-order chi connectivity index (χ0) is 14.7. The summed E-state index contributed by atoms with van der Waals surface area (Å²) in [5.41, 5.74) is -0.122. The van der Waals surface area contributed by atoms with Gasteiger partial charge in [0, 0.05) is 25.7 Å². The molecule has 0 bridgehead atoms. The van der Waals surface area contributed by atoms with Gasteiger partial charge < -0.3 is 10.2 Å². The molecule has 1 aromatic carbocycles. The fourth-order valence-corrected chi connectivity index (χ4v) is 2.78. The lowest BCUT2D eigenvalue weighted by molar-refractivity contribution is 0.0785. The molecule has 0 aromatic heterocycles. The van der Waals surface area contributed by atoms with Gasteiger partial charge in [0.2, 0.25) is 0 Å². The van der Waals surface area contributed by atoms with E-state index in [0.29, 0.717) is 19.0 Å². The first kappa shape index (κ1) is 14.8. The van der Waals surface area contributed by atoms with Crippen molar-refractivity contribution in [3.8, 4) is 0 Å². The first-order valence-electron chi connectivity index (χ1n) is 7.02. The van der Waals surface area contributed by atoms with Gasteiger partial charge in [-0.3, -0.25) is 4.79 Å². The number of likely N-dealkylation sites (tertiary alicyclic amines) is 1. The third-order valence-corrected chi connectivity index (χ3v) is 3.81. The van der Waals surface area contributed by atoms with Crippen LogP contribution in [0.4, 0.5) is 14.5 Å². The molecular weight excluding hydrogens is 262 g/mol. The van der Waals surface area contributed by atoms with E-state index in [4.69, 9.17) is 0 Å². The molecule has 0 radical (unpaired) electrons. The summed E-state index contributed by atoms with van der Waals surface area (Å²) in [7, 11) is 1.44. The second-order valence-corrected chi connectivity index (χ2v) is 5.26. The number of benzene rings is 1. The molecule has 0 aliphatic carbocycles. The molecule has 1 saturated heterocycles. The minimum absolute atomic E-state index is 0.0798. The maximum Gasteiger partial charge on any atom is 0.254 e. The molecule has 3 nitrogen and oxygen atoms in total. The van der Waals surface area contributed by atoms with Crippen LogP contribution in [-0.4, -0.2) is 30.9 Å². The average molecular weight is 282 g/mol. The highest BCUT2D eigenvalue weighted by Gasteiger charge is 2.27. The second-order valence-electron chi connectivity index (χ2n) is 5.26. The van der Waals surface area contributed by atoms with Crippen LogP contribution >= 0.6 is 0 Å². The van der Waals surface area contributed by atoms with Gasteiger partial charge in [-0.2, -0.15) is 0 Å². The van der Waals surface area contributed by atoms with Gasteiger partial charge in [-0.25, -0.2) is 8.78 Å². The quantitative estimate of drug-likeness (QED) is 0.919. The number of amides is 1. The molecule has 1 heterocycles. The Balaban J connectivity index is 2.14. The minimum atomic E-state index is -0.736. The van der Waals surface area contributed by atoms with Crippen molar-refractivity contribution in [2.75, 3.05) is 25.5 Å². The van der Waals surface area contributed by atoms with Crippen LogP contribution in [0.15, 0.2) is 12.1 Å². The number of hydrogen-bond acceptors (Lipinski definition) is 2. The third kappa shape index (κ3) is 2.92. The van der Waals surface area contributed by atoms with E-state index in [9.17, 15) is 13.6 Å². The zero-order valence-corrected chi connectivity index (χ0v) is 11.9. The van der Waals surface area contributed by atoms with Crippen molar-refractivity contribution in [1.29, 1.82) is 0 Å². The first-order chi connectivity index (χ1) is 9.56. The van der Waals surface area contributed by atoms with Crippen LogP contribution in [0, 0.1) is 17.6 Å². The van der Waals surface area contributed by atoms with Gasteiger partial charge in [-0.05, 0) is 30.9 Å². The third-order valence-electron chi connectivity index (χ3n) is 3.81. The Hall–Kier alpha value is -1.65.